The summed E-state index contributed by atoms with van der Waals surface area (Å²) < 4.78 is 0. The quantitative estimate of drug-likeness (QED) is 0.646. The van der Waals surface area contributed by atoms with Crippen LogP contribution in [0.5, 0.6) is 0 Å². The standard InChI is InChI=1S/C14H15NO4/c16-11-6-7-14(17)8-10(11)12(13(14)15(18)19)9-4-2-1-3-5-9/h1-5,10,12-13,17H,6-8H2. The molecule has 0 heterocycles. The van der Waals surface area contributed by atoms with Gasteiger partial charge in [-0.15, -0.1) is 0 Å². The number of benzene rings is 1. The Balaban J connectivity index is 2.09. The number of carbonyl (C=O) groups is 1. The number of rotatable bonds is 2. The van der Waals surface area contributed by atoms with Gasteiger partial charge in [0.05, 0.1) is 5.92 Å². The summed E-state index contributed by atoms with van der Waals surface area (Å²) in [6, 6.07) is 7.98. The zero-order chi connectivity index (χ0) is 13.6. The van der Waals surface area contributed by atoms with Crippen LogP contribution in [-0.4, -0.2) is 27.5 Å². The molecule has 0 amide bonds. The van der Waals surface area contributed by atoms with Crippen LogP contribution in [0.1, 0.15) is 30.7 Å². The molecule has 0 aliphatic heterocycles. The summed E-state index contributed by atoms with van der Waals surface area (Å²) in [6.07, 6.45) is 0.670. The molecule has 3 rings (SSSR count). The predicted octanol–water partition coefficient (Wildman–Crippen LogP) is 1.53. The molecule has 0 radical (unpaired) electrons. The number of nitro groups is 1. The van der Waals surface area contributed by atoms with Crippen molar-refractivity contribution < 1.29 is 14.8 Å². The third-order valence-corrected chi connectivity index (χ3v) is 4.53. The van der Waals surface area contributed by atoms with Crippen LogP contribution in [0.25, 0.3) is 0 Å². The second-order valence-corrected chi connectivity index (χ2v) is 5.55. The van der Waals surface area contributed by atoms with E-state index in [0.717, 1.165) is 5.56 Å². The molecular formula is C14H15NO4. The van der Waals surface area contributed by atoms with Gasteiger partial charge >= 0.3 is 0 Å². The summed E-state index contributed by atoms with van der Waals surface area (Å²) in [4.78, 5) is 23.0. The van der Waals surface area contributed by atoms with E-state index in [4.69, 9.17) is 0 Å². The van der Waals surface area contributed by atoms with Crippen molar-refractivity contribution in [2.24, 2.45) is 5.92 Å². The Hall–Kier alpha value is -1.75. The van der Waals surface area contributed by atoms with Crippen molar-refractivity contribution in [2.45, 2.75) is 36.8 Å². The largest absolute Gasteiger partial charge is 0.383 e. The lowest BCUT2D eigenvalue weighted by atomic mass is 9.82. The zero-order valence-corrected chi connectivity index (χ0v) is 10.4. The first-order valence-corrected chi connectivity index (χ1v) is 6.46. The molecule has 5 heteroatoms. The van der Waals surface area contributed by atoms with Crippen LogP contribution in [0.4, 0.5) is 0 Å². The predicted molar refractivity (Wildman–Crippen MR) is 67.3 cm³/mol. The maximum atomic E-state index is 12.0. The van der Waals surface area contributed by atoms with Gasteiger partial charge in [-0.1, -0.05) is 30.3 Å². The van der Waals surface area contributed by atoms with Crippen LogP contribution in [0.2, 0.25) is 0 Å². The fraction of sp³-hybridized carbons (Fsp3) is 0.500. The Kier molecular flexibility index (Phi) is 2.67. The number of hydrogen-bond donors (Lipinski definition) is 1. The first kappa shape index (κ1) is 12.3. The number of carbonyl (C=O) groups excluding carboxylic acids is 1. The Morgan fingerprint density at radius 2 is 2.00 bits per heavy atom. The molecule has 0 spiro atoms. The van der Waals surface area contributed by atoms with Crippen molar-refractivity contribution in [3.8, 4) is 0 Å². The maximum absolute atomic E-state index is 12.0. The van der Waals surface area contributed by atoms with Gasteiger partial charge in [0.2, 0.25) is 6.04 Å². The average Bonchev–Trinajstić information content (AvgIpc) is 2.66. The van der Waals surface area contributed by atoms with Crippen LogP contribution in [0.15, 0.2) is 30.3 Å². The number of Topliss-reactive ketones (excluding diaryl/α,β-unsaturated/α-hetero) is 1. The van der Waals surface area contributed by atoms with Crippen LogP contribution >= 0.6 is 0 Å². The van der Waals surface area contributed by atoms with E-state index >= 15 is 0 Å². The van der Waals surface area contributed by atoms with Crippen molar-refractivity contribution in [1.82, 2.24) is 0 Å². The van der Waals surface area contributed by atoms with Gasteiger partial charge < -0.3 is 5.11 Å². The first-order valence-electron chi connectivity index (χ1n) is 6.46. The van der Waals surface area contributed by atoms with Gasteiger partial charge in [0, 0.05) is 17.3 Å². The number of fused-ring (bicyclic) bond motifs is 2. The highest BCUT2D eigenvalue weighted by Crippen LogP contribution is 2.52. The van der Waals surface area contributed by atoms with Crippen molar-refractivity contribution in [3.63, 3.8) is 0 Å². The lowest BCUT2D eigenvalue weighted by Crippen LogP contribution is -2.45. The molecule has 4 atom stereocenters. The normalized spacial score (nSPS) is 37.3. The lowest BCUT2D eigenvalue weighted by Gasteiger charge is -2.26. The van der Waals surface area contributed by atoms with Crippen molar-refractivity contribution in [2.75, 3.05) is 0 Å². The van der Waals surface area contributed by atoms with Gasteiger partial charge in [-0.05, 0) is 18.4 Å². The molecular weight excluding hydrogens is 246 g/mol. The van der Waals surface area contributed by atoms with Gasteiger partial charge in [-0.2, -0.15) is 0 Å². The highest BCUT2D eigenvalue weighted by atomic mass is 16.6. The fourth-order valence-electron chi connectivity index (χ4n) is 3.69. The van der Waals surface area contributed by atoms with Gasteiger partial charge in [0.25, 0.3) is 0 Å². The maximum Gasteiger partial charge on any atom is 0.248 e. The summed E-state index contributed by atoms with van der Waals surface area (Å²) in [6.45, 7) is 0. The Morgan fingerprint density at radius 1 is 1.32 bits per heavy atom. The first-order chi connectivity index (χ1) is 9.03. The van der Waals surface area contributed by atoms with E-state index in [-0.39, 0.29) is 25.0 Å². The molecule has 100 valence electrons. The van der Waals surface area contributed by atoms with E-state index in [1.165, 1.54) is 0 Å². The minimum Gasteiger partial charge on any atom is -0.383 e. The summed E-state index contributed by atoms with van der Waals surface area (Å²) in [7, 11) is 0. The summed E-state index contributed by atoms with van der Waals surface area (Å²) in [5, 5.41) is 21.9. The van der Waals surface area contributed by atoms with Crippen LogP contribution < -0.4 is 0 Å². The van der Waals surface area contributed by atoms with Crippen LogP contribution in [0.3, 0.4) is 0 Å². The number of ketones is 1. The lowest BCUT2D eigenvalue weighted by molar-refractivity contribution is -0.544. The van der Waals surface area contributed by atoms with Gasteiger partial charge in [0.15, 0.2) is 0 Å². The third-order valence-electron chi connectivity index (χ3n) is 4.53. The molecule has 1 aromatic rings. The van der Waals surface area contributed by atoms with E-state index in [2.05, 4.69) is 0 Å². The van der Waals surface area contributed by atoms with Crippen molar-refractivity contribution >= 4 is 5.78 Å². The topological polar surface area (TPSA) is 80.4 Å². The second-order valence-electron chi connectivity index (χ2n) is 5.55. The molecule has 2 saturated carbocycles. The molecule has 5 nitrogen and oxygen atoms in total. The Labute approximate surface area is 110 Å². The highest BCUT2D eigenvalue weighted by molar-refractivity contribution is 5.84. The fourth-order valence-corrected chi connectivity index (χ4v) is 3.69. The van der Waals surface area contributed by atoms with E-state index in [9.17, 15) is 20.0 Å². The smallest absolute Gasteiger partial charge is 0.248 e. The van der Waals surface area contributed by atoms with Gasteiger partial charge in [0.1, 0.15) is 11.4 Å². The van der Waals surface area contributed by atoms with E-state index in [1.807, 2.05) is 18.2 Å². The minimum absolute atomic E-state index is 0.0443. The molecule has 1 N–H and O–H groups in total. The number of nitrogens with zero attached hydrogens (tertiary/aromatic N) is 1. The van der Waals surface area contributed by atoms with Gasteiger partial charge in [-0.3, -0.25) is 14.9 Å². The van der Waals surface area contributed by atoms with E-state index < -0.39 is 28.4 Å². The number of hydrogen-bond acceptors (Lipinski definition) is 4. The summed E-state index contributed by atoms with van der Waals surface area (Å²) >= 11 is 0. The summed E-state index contributed by atoms with van der Waals surface area (Å²) in [5.74, 6) is -0.879. The highest BCUT2D eigenvalue weighted by Gasteiger charge is 2.64. The van der Waals surface area contributed by atoms with Crippen LogP contribution in [0, 0.1) is 16.0 Å². The monoisotopic (exact) mass is 261 g/mol. The van der Waals surface area contributed by atoms with Crippen molar-refractivity contribution in [3.05, 3.63) is 46.0 Å². The average molecular weight is 261 g/mol. The molecule has 2 aliphatic rings. The SMILES string of the molecule is O=C1CCC2(O)CC1C(c1ccccc1)C2[N+](=O)[O-]. The zero-order valence-electron chi connectivity index (χ0n) is 10.4. The molecule has 2 bridgehead atoms. The molecule has 0 aromatic heterocycles. The molecule has 2 fully saturated rings. The third kappa shape index (κ3) is 1.76. The Bertz CT molecular complexity index is 530. The molecule has 4 unspecified atom stereocenters. The van der Waals surface area contributed by atoms with Gasteiger partial charge in [-0.25, -0.2) is 0 Å². The number of aliphatic hydroxyl groups is 1. The molecule has 2 aliphatic carbocycles. The Morgan fingerprint density at radius 3 is 2.63 bits per heavy atom. The molecule has 0 saturated heterocycles. The summed E-state index contributed by atoms with van der Waals surface area (Å²) in [5.41, 5.74) is -0.553. The molecule has 1 aromatic carbocycles. The van der Waals surface area contributed by atoms with Crippen molar-refractivity contribution in [1.29, 1.82) is 0 Å². The minimum atomic E-state index is -1.33. The van der Waals surface area contributed by atoms with E-state index in [1.54, 1.807) is 12.1 Å². The molecule has 19 heavy (non-hydrogen) atoms. The van der Waals surface area contributed by atoms with Crippen LogP contribution in [-0.2, 0) is 4.79 Å². The second kappa shape index (κ2) is 4.13. The van der Waals surface area contributed by atoms with E-state index in [0.29, 0.717) is 0 Å².